The summed E-state index contributed by atoms with van der Waals surface area (Å²) in [6.07, 6.45) is 10.5. The highest BCUT2D eigenvalue weighted by Crippen LogP contribution is 2.35. The van der Waals surface area contributed by atoms with Gasteiger partial charge in [0.15, 0.2) is 0 Å². The number of rotatable bonds is 11. The number of benzene rings is 2. The van der Waals surface area contributed by atoms with Crippen LogP contribution in [0.2, 0.25) is 0 Å². The fraction of sp³-hybridized carbons (Fsp3) is 0.520. The fourth-order valence-electron chi connectivity index (χ4n) is 3.87. The molecule has 0 aliphatic rings. The third-order valence-electron chi connectivity index (χ3n) is 5.62. The van der Waals surface area contributed by atoms with E-state index in [0.717, 1.165) is 30.4 Å². The summed E-state index contributed by atoms with van der Waals surface area (Å²) in [6, 6.07) is 12.1. The predicted octanol–water partition coefficient (Wildman–Crippen LogP) is 7.11. The van der Waals surface area contributed by atoms with Crippen LogP contribution in [0.25, 0.3) is 0 Å². The van der Waals surface area contributed by atoms with Crippen LogP contribution in [0, 0.1) is 0 Å². The molecule has 0 saturated heterocycles. The van der Waals surface area contributed by atoms with Gasteiger partial charge < -0.3 is 10.2 Å². The largest absolute Gasteiger partial charge is 0.508 e. The molecule has 0 heterocycles. The van der Waals surface area contributed by atoms with Crippen LogP contribution in [0.3, 0.4) is 0 Å². The molecular formula is C25H36O2. The van der Waals surface area contributed by atoms with Gasteiger partial charge in [-0.2, -0.15) is 0 Å². The SMILES string of the molecule is CCCCCCCCC(c1ccc(O)c(CC)c1)c1ccc(O)c(CC)c1. The molecule has 2 aromatic rings. The van der Waals surface area contributed by atoms with Gasteiger partial charge in [0.05, 0.1) is 0 Å². The molecule has 2 heteroatoms. The van der Waals surface area contributed by atoms with E-state index in [-0.39, 0.29) is 0 Å². The van der Waals surface area contributed by atoms with E-state index >= 15 is 0 Å². The Morgan fingerprint density at radius 1 is 0.667 bits per heavy atom. The number of phenols is 2. The van der Waals surface area contributed by atoms with E-state index in [2.05, 4.69) is 45.0 Å². The number of phenolic OH excluding ortho intramolecular Hbond substituents is 2. The van der Waals surface area contributed by atoms with Crippen molar-refractivity contribution in [1.29, 1.82) is 0 Å². The number of unbranched alkanes of at least 4 members (excludes halogenated alkanes) is 5. The van der Waals surface area contributed by atoms with Crippen LogP contribution >= 0.6 is 0 Å². The quantitative estimate of drug-likeness (QED) is 0.415. The molecule has 148 valence electrons. The standard InChI is InChI=1S/C25H36O2/c1-4-7-8-9-10-11-12-23(21-13-15-24(26)19(5-2)17-21)22-14-16-25(27)20(6-3)18-22/h13-18,23,26-27H,4-12H2,1-3H3. The Kier molecular flexibility index (Phi) is 8.71. The molecule has 2 aromatic carbocycles. The molecule has 2 N–H and O–H groups in total. The Morgan fingerprint density at radius 3 is 1.63 bits per heavy atom. The van der Waals surface area contributed by atoms with E-state index in [9.17, 15) is 10.2 Å². The highest BCUT2D eigenvalue weighted by atomic mass is 16.3. The van der Waals surface area contributed by atoms with Crippen molar-refractivity contribution in [3.8, 4) is 11.5 Å². The maximum atomic E-state index is 10.1. The van der Waals surface area contributed by atoms with Crippen LogP contribution in [0.5, 0.6) is 11.5 Å². The predicted molar refractivity (Wildman–Crippen MR) is 115 cm³/mol. The van der Waals surface area contributed by atoms with Crippen LogP contribution in [-0.4, -0.2) is 10.2 Å². The Hall–Kier alpha value is -1.96. The molecule has 0 radical (unpaired) electrons. The molecule has 0 saturated carbocycles. The smallest absolute Gasteiger partial charge is 0.118 e. The molecule has 0 atom stereocenters. The Labute approximate surface area is 165 Å². The summed E-state index contributed by atoms with van der Waals surface area (Å²) in [7, 11) is 0. The molecule has 0 aliphatic heterocycles. The highest BCUT2D eigenvalue weighted by Gasteiger charge is 2.17. The second-order valence-corrected chi connectivity index (χ2v) is 7.59. The van der Waals surface area contributed by atoms with Gasteiger partial charge in [-0.1, -0.05) is 83.6 Å². The van der Waals surface area contributed by atoms with Gasteiger partial charge in [-0.15, -0.1) is 0 Å². The lowest BCUT2D eigenvalue weighted by atomic mass is 9.84. The first-order valence-corrected chi connectivity index (χ1v) is 10.7. The lowest BCUT2D eigenvalue weighted by Crippen LogP contribution is -2.03. The zero-order chi connectivity index (χ0) is 19.6. The summed E-state index contributed by atoms with van der Waals surface area (Å²) in [5.41, 5.74) is 4.56. The normalized spacial score (nSPS) is 11.3. The lowest BCUT2D eigenvalue weighted by molar-refractivity contribution is 0.468. The molecular weight excluding hydrogens is 332 g/mol. The van der Waals surface area contributed by atoms with Crippen LogP contribution < -0.4 is 0 Å². The average molecular weight is 369 g/mol. The van der Waals surface area contributed by atoms with Crippen LogP contribution in [0.4, 0.5) is 0 Å². The Morgan fingerprint density at radius 2 is 1.15 bits per heavy atom. The van der Waals surface area contributed by atoms with E-state index in [1.165, 1.54) is 49.7 Å². The summed E-state index contributed by atoms with van der Waals surface area (Å²) in [4.78, 5) is 0. The summed E-state index contributed by atoms with van der Waals surface area (Å²) in [5.74, 6) is 1.09. The van der Waals surface area contributed by atoms with Gasteiger partial charge in [-0.05, 0) is 53.6 Å². The van der Waals surface area contributed by atoms with E-state index in [4.69, 9.17) is 0 Å². The molecule has 0 unspecified atom stereocenters. The number of aryl methyl sites for hydroxylation is 2. The lowest BCUT2D eigenvalue weighted by Gasteiger charge is -2.20. The van der Waals surface area contributed by atoms with Gasteiger partial charge in [-0.25, -0.2) is 0 Å². The minimum Gasteiger partial charge on any atom is -0.508 e. The minimum atomic E-state index is 0.313. The molecule has 0 amide bonds. The first kappa shape index (κ1) is 21.3. The number of hydrogen-bond donors (Lipinski definition) is 2. The summed E-state index contributed by atoms with van der Waals surface area (Å²) >= 11 is 0. The molecule has 0 fully saturated rings. The second-order valence-electron chi connectivity index (χ2n) is 7.59. The number of aromatic hydroxyl groups is 2. The molecule has 2 rings (SSSR count). The van der Waals surface area contributed by atoms with E-state index in [1.54, 1.807) is 0 Å². The van der Waals surface area contributed by atoms with Crippen molar-refractivity contribution in [2.75, 3.05) is 0 Å². The van der Waals surface area contributed by atoms with E-state index in [0.29, 0.717) is 17.4 Å². The maximum Gasteiger partial charge on any atom is 0.118 e. The zero-order valence-electron chi connectivity index (χ0n) is 17.3. The van der Waals surface area contributed by atoms with Crippen LogP contribution in [0.15, 0.2) is 36.4 Å². The van der Waals surface area contributed by atoms with Crippen molar-refractivity contribution in [2.45, 2.75) is 84.5 Å². The van der Waals surface area contributed by atoms with Gasteiger partial charge in [0.25, 0.3) is 0 Å². The van der Waals surface area contributed by atoms with E-state index < -0.39 is 0 Å². The Balaban J connectivity index is 2.23. The topological polar surface area (TPSA) is 40.5 Å². The highest BCUT2D eigenvalue weighted by molar-refractivity contribution is 5.44. The number of hydrogen-bond acceptors (Lipinski definition) is 2. The van der Waals surface area contributed by atoms with Gasteiger partial charge in [0.2, 0.25) is 0 Å². The molecule has 0 aliphatic carbocycles. The first-order chi connectivity index (χ1) is 13.1. The van der Waals surface area contributed by atoms with Crippen LogP contribution in [0.1, 0.15) is 93.9 Å². The third-order valence-corrected chi connectivity index (χ3v) is 5.62. The molecule has 0 spiro atoms. The van der Waals surface area contributed by atoms with Crippen LogP contribution in [-0.2, 0) is 12.8 Å². The van der Waals surface area contributed by atoms with Crippen molar-refractivity contribution < 1.29 is 10.2 Å². The van der Waals surface area contributed by atoms with Gasteiger partial charge in [-0.3, -0.25) is 0 Å². The minimum absolute atomic E-state index is 0.313. The van der Waals surface area contributed by atoms with Crippen molar-refractivity contribution >= 4 is 0 Å². The molecule has 27 heavy (non-hydrogen) atoms. The van der Waals surface area contributed by atoms with Gasteiger partial charge in [0.1, 0.15) is 11.5 Å². The maximum absolute atomic E-state index is 10.1. The monoisotopic (exact) mass is 368 g/mol. The first-order valence-electron chi connectivity index (χ1n) is 10.7. The second kappa shape index (κ2) is 11.0. The fourth-order valence-corrected chi connectivity index (χ4v) is 3.87. The Bertz CT molecular complexity index is 652. The van der Waals surface area contributed by atoms with Gasteiger partial charge >= 0.3 is 0 Å². The average Bonchev–Trinajstić information content (AvgIpc) is 2.69. The molecule has 2 nitrogen and oxygen atoms in total. The summed E-state index contributed by atoms with van der Waals surface area (Å²) in [6.45, 7) is 6.41. The molecule has 0 aromatic heterocycles. The molecule has 0 bridgehead atoms. The van der Waals surface area contributed by atoms with Crippen molar-refractivity contribution in [2.24, 2.45) is 0 Å². The summed E-state index contributed by atoms with van der Waals surface area (Å²) < 4.78 is 0. The van der Waals surface area contributed by atoms with Crippen molar-refractivity contribution in [1.82, 2.24) is 0 Å². The van der Waals surface area contributed by atoms with E-state index in [1.807, 2.05) is 12.1 Å². The van der Waals surface area contributed by atoms with Crippen molar-refractivity contribution in [3.63, 3.8) is 0 Å². The third kappa shape index (κ3) is 6.02. The summed E-state index contributed by atoms with van der Waals surface area (Å²) in [5, 5.41) is 20.1. The zero-order valence-corrected chi connectivity index (χ0v) is 17.3. The van der Waals surface area contributed by atoms with Gasteiger partial charge in [0, 0.05) is 5.92 Å². The van der Waals surface area contributed by atoms with Crippen molar-refractivity contribution in [3.05, 3.63) is 58.7 Å².